The lowest BCUT2D eigenvalue weighted by molar-refractivity contribution is 0.390. The van der Waals surface area contributed by atoms with Crippen molar-refractivity contribution < 1.29 is 8.42 Å². The van der Waals surface area contributed by atoms with Gasteiger partial charge in [-0.25, -0.2) is 13.4 Å². The van der Waals surface area contributed by atoms with Crippen molar-refractivity contribution in [3.63, 3.8) is 0 Å². The van der Waals surface area contributed by atoms with Gasteiger partial charge < -0.3 is 4.57 Å². The van der Waals surface area contributed by atoms with Crippen LogP contribution in [0.1, 0.15) is 31.0 Å². The van der Waals surface area contributed by atoms with Crippen molar-refractivity contribution in [3.05, 3.63) is 59.4 Å². The maximum atomic E-state index is 11.8. The van der Waals surface area contributed by atoms with E-state index in [1.165, 1.54) is 25.5 Å². The minimum atomic E-state index is -3.22. The summed E-state index contributed by atoms with van der Waals surface area (Å²) in [4.78, 5) is 6.38. The maximum Gasteiger partial charge on any atom is 0.175 e. The largest absolute Gasteiger partial charge is 0.325 e. The quantitative estimate of drug-likeness (QED) is 0.529. The van der Waals surface area contributed by atoms with Crippen LogP contribution in [-0.4, -0.2) is 24.2 Å². The van der Waals surface area contributed by atoms with Crippen molar-refractivity contribution in [3.8, 4) is 11.3 Å². The molecule has 4 nitrogen and oxygen atoms in total. The number of aromatic nitrogens is 2. The minimum absolute atomic E-state index is 0.318. The van der Waals surface area contributed by atoms with E-state index in [0.717, 1.165) is 27.0 Å². The lowest BCUT2D eigenvalue weighted by Gasteiger charge is -2.24. The van der Waals surface area contributed by atoms with Crippen LogP contribution >= 0.6 is 23.4 Å². The highest BCUT2D eigenvalue weighted by Gasteiger charge is 2.27. The average Bonchev–Trinajstić information content (AvgIpc) is 2.92. The summed E-state index contributed by atoms with van der Waals surface area (Å²) in [7, 11) is -1.16. The van der Waals surface area contributed by atoms with Crippen LogP contribution in [0.25, 0.3) is 11.3 Å². The predicted octanol–water partition coefficient (Wildman–Crippen LogP) is 5.56. The average molecular weight is 433 g/mol. The summed E-state index contributed by atoms with van der Waals surface area (Å²) in [5, 5.41) is 1.76. The smallest absolute Gasteiger partial charge is 0.175 e. The Labute approximate surface area is 174 Å². The standard InChI is InChI=1S/C21H21ClN2O2S2/c1-24-20(15-4-3-5-15)23-19(14-6-12-18(13-7-14)28(2,25)26)21(24)27-17-10-8-16(22)9-11-17/h6-13,15H,3-5H2,1-2H3. The Morgan fingerprint density at radius 2 is 1.71 bits per heavy atom. The summed E-state index contributed by atoms with van der Waals surface area (Å²) in [6.07, 6.45) is 4.81. The first-order chi connectivity index (χ1) is 13.3. The Hall–Kier alpha value is -1.76. The van der Waals surface area contributed by atoms with Crippen LogP contribution in [0.3, 0.4) is 0 Å². The summed E-state index contributed by atoms with van der Waals surface area (Å²) in [6, 6.07) is 14.8. The van der Waals surface area contributed by atoms with Crippen LogP contribution in [0, 0.1) is 0 Å². The maximum absolute atomic E-state index is 11.8. The molecule has 146 valence electrons. The predicted molar refractivity (Wildman–Crippen MR) is 114 cm³/mol. The van der Waals surface area contributed by atoms with Gasteiger partial charge in [0.05, 0.1) is 4.90 Å². The summed E-state index contributed by atoms with van der Waals surface area (Å²) >= 11 is 7.67. The van der Waals surface area contributed by atoms with Crippen molar-refractivity contribution >= 4 is 33.2 Å². The second-order valence-electron chi connectivity index (χ2n) is 7.16. The highest BCUT2D eigenvalue weighted by molar-refractivity contribution is 7.99. The Morgan fingerprint density at radius 1 is 1.07 bits per heavy atom. The number of hydrogen-bond donors (Lipinski definition) is 0. The zero-order valence-corrected chi connectivity index (χ0v) is 18.1. The Morgan fingerprint density at radius 3 is 2.25 bits per heavy atom. The highest BCUT2D eigenvalue weighted by Crippen LogP contribution is 2.42. The van der Waals surface area contributed by atoms with Gasteiger partial charge in [0, 0.05) is 34.7 Å². The van der Waals surface area contributed by atoms with Gasteiger partial charge >= 0.3 is 0 Å². The number of benzene rings is 2. The molecule has 0 saturated heterocycles. The number of halogens is 1. The van der Waals surface area contributed by atoms with Gasteiger partial charge in [-0.2, -0.15) is 0 Å². The van der Waals surface area contributed by atoms with Crippen LogP contribution < -0.4 is 0 Å². The third kappa shape index (κ3) is 3.86. The van der Waals surface area contributed by atoms with Crippen LogP contribution in [0.5, 0.6) is 0 Å². The lowest BCUT2D eigenvalue weighted by Crippen LogP contribution is -2.14. The second-order valence-corrected chi connectivity index (χ2v) is 10.7. The molecule has 1 fully saturated rings. The SMILES string of the molecule is Cn1c(C2CCC2)nc(-c2ccc(S(C)(=O)=O)cc2)c1Sc1ccc(Cl)cc1. The molecule has 0 bridgehead atoms. The molecule has 0 atom stereocenters. The number of nitrogens with zero attached hydrogens (tertiary/aromatic N) is 2. The molecule has 0 amide bonds. The molecule has 4 rings (SSSR count). The molecule has 0 spiro atoms. The van der Waals surface area contributed by atoms with Gasteiger partial charge in [-0.15, -0.1) is 0 Å². The molecule has 3 aromatic rings. The summed E-state index contributed by atoms with van der Waals surface area (Å²) < 4.78 is 25.7. The molecule has 0 N–H and O–H groups in total. The highest BCUT2D eigenvalue weighted by atomic mass is 35.5. The fourth-order valence-electron chi connectivity index (χ4n) is 3.31. The number of rotatable bonds is 5. The zero-order valence-electron chi connectivity index (χ0n) is 15.7. The van der Waals surface area contributed by atoms with Crippen molar-refractivity contribution in [1.29, 1.82) is 0 Å². The van der Waals surface area contributed by atoms with Crippen LogP contribution in [0.2, 0.25) is 5.02 Å². The first-order valence-electron chi connectivity index (χ1n) is 9.13. The molecule has 0 radical (unpaired) electrons. The first kappa shape index (κ1) is 19.6. The Bertz CT molecular complexity index is 1100. The van der Waals surface area contributed by atoms with E-state index in [1.54, 1.807) is 23.9 Å². The number of hydrogen-bond acceptors (Lipinski definition) is 4. The summed E-state index contributed by atoms with van der Waals surface area (Å²) in [6.45, 7) is 0. The monoisotopic (exact) mass is 432 g/mol. The van der Waals surface area contributed by atoms with Gasteiger partial charge in [0.1, 0.15) is 16.5 Å². The second kappa shape index (κ2) is 7.58. The molecule has 1 aliphatic rings. The fourth-order valence-corrected chi connectivity index (χ4v) is 5.05. The third-order valence-corrected chi connectivity index (χ3v) is 7.68. The van der Waals surface area contributed by atoms with Gasteiger partial charge in [-0.05, 0) is 49.2 Å². The first-order valence-corrected chi connectivity index (χ1v) is 12.2. The summed E-state index contributed by atoms with van der Waals surface area (Å²) in [5.74, 6) is 1.60. The van der Waals surface area contributed by atoms with Gasteiger partial charge in [0.2, 0.25) is 0 Å². The molecular weight excluding hydrogens is 412 g/mol. The van der Waals surface area contributed by atoms with E-state index in [4.69, 9.17) is 16.6 Å². The number of sulfone groups is 1. The molecule has 1 aromatic heterocycles. The van der Waals surface area contributed by atoms with Gasteiger partial charge in [0.25, 0.3) is 0 Å². The molecule has 7 heteroatoms. The van der Waals surface area contributed by atoms with Crippen LogP contribution in [-0.2, 0) is 16.9 Å². The molecule has 1 heterocycles. The molecular formula is C21H21ClN2O2S2. The summed E-state index contributed by atoms with van der Waals surface area (Å²) in [5.41, 5.74) is 1.81. The molecule has 28 heavy (non-hydrogen) atoms. The van der Waals surface area contributed by atoms with E-state index in [-0.39, 0.29) is 0 Å². The van der Waals surface area contributed by atoms with Gasteiger partial charge in [0.15, 0.2) is 9.84 Å². The molecule has 0 aliphatic heterocycles. The van der Waals surface area contributed by atoms with E-state index in [2.05, 4.69) is 11.6 Å². The van der Waals surface area contributed by atoms with Crippen molar-refractivity contribution in [2.24, 2.45) is 7.05 Å². The van der Waals surface area contributed by atoms with Crippen molar-refractivity contribution in [2.45, 2.75) is 40.0 Å². The van der Waals surface area contributed by atoms with E-state index >= 15 is 0 Å². The van der Waals surface area contributed by atoms with E-state index in [0.29, 0.717) is 15.8 Å². The minimum Gasteiger partial charge on any atom is -0.325 e. The molecule has 1 saturated carbocycles. The van der Waals surface area contributed by atoms with E-state index in [9.17, 15) is 8.42 Å². The van der Waals surface area contributed by atoms with E-state index in [1.807, 2.05) is 36.4 Å². The van der Waals surface area contributed by atoms with Crippen LogP contribution in [0.4, 0.5) is 0 Å². The van der Waals surface area contributed by atoms with Crippen molar-refractivity contribution in [2.75, 3.05) is 6.26 Å². The molecule has 0 unspecified atom stereocenters. The van der Waals surface area contributed by atoms with Crippen LogP contribution in [0.15, 0.2) is 63.3 Å². The Balaban J connectivity index is 1.77. The number of imidazole rings is 1. The third-order valence-electron chi connectivity index (χ3n) is 5.13. The topological polar surface area (TPSA) is 52.0 Å². The van der Waals surface area contributed by atoms with Gasteiger partial charge in [-0.1, -0.05) is 41.9 Å². The zero-order chi connectivity index (χ0) is 19.9. The van der Waals surface area contributed by atoms with Gasteiger partial charge in [-0.3, -0.25) is 0 Å². The molecule has 1 aliphatic carbocycles. The van der Waals surface area contributed by atoms with Crippen molar-refractivity contribution in [1.82, 2.24) is 9.55 Å². The Kier molecular flexibility index (Phi) is 5.29. The molecule has 2 aromatic carbocycles. The van der Waals surface area contributed by atoms with E-state index < -0.39 is 9.84 Å². The normalized spacial score (nSPS) is 14.8. The fraction of sp³-hybridized carbons (Fsp3) is 0.286. The lowest BCUT2D eigenvalue weighted by atomic mass is 9.85.